The first-order valence-corrected chi connectivity index (χ1v) is 9.03. The second kappa shape index (κ2) is 7.42. The molecular formula is C18H14FN3O3S. The molecule has 1 amide bonds. The van der Waals surface area contributed by atoms with Crippen LogP contribution in [-0.2, 0) is 10.0 Å². The number of sulfonamides is 1. The molecule has 0 aliphatic heterocycles. The minimum atomic E-state index is -3.92. The molecule has 1 aromatic heterocycles. The highest BCUT2D eigenvalue weighted by Gasteiger charge is 2.16. The molecule has 0 aliphatic carbocycles. The van der Waals surface area contributed by atoms with Gasteiger partial charge in [0.05, 0.1) is 10.6 Å². The Morgan fingerprint density at radius 2 is 1.69 bits per heavy atom. The van der Waals surface area contributed by atoms with Crippen LogP contribution in [0.2, 0.25) is 0 Å². The standard InChI is InChI=1S/C18H14FN3O3S/c19-15-11-13(17-8-4-5-9-20-17)10-14(12-15)18(23)21-22-26(24,25)16-6-2-1-3-7-16/h1-12,22H,(H,21,23). The van der Waals surface area contributed by atoms with Crippen molar-refractivity contribution in [3.05, 3.63) is 84.3 Å². The first kappa shape index (κ1) is 17.7. The van der Waals surface area contributed by atoms with Gasteiger partial charge >= 0.3 is 0 Å². The topological polar surface area (TPSA) is 88.2 Å². The summed E-state index contributed by atoms with van der Waals surface area (Å²) in [7, 11) is -3.92. The Kier molecular flexibility index (Phi) is 5.06. The lowest BCUT2D eigenvalue weighted by molar-refractivity contribution is 0.0944. The fraction of sp³-hybridized carbons (Fsp3) is 0. The SMILES string of the molecule is O=C(NNS(=O)(=O)c1ccccc1)c1cc(F)cc(-c2ccccn2)c1. The maximum atomic E-state index is 13.9. The van der Waals surface area contributed by atoms with Crippen LogP contribution in [0.5, 0.6) is 0 Å². The van der Waals surface area contributed by atoms with Gasteiger partial charge in [-0.2, -0.15) is 0 Å². The maximum Gasteiger partial charge on any atom is 0.266 e. The Morgan fingerprint density at radius 1 is 0.962 bits per heavy atom. The summed E-state index contributed by atoms with van der Waals surface area (Å²) < 4.78 is 38.1. The van der Waals surface area contributed by atoms with Crippen LogP contribution in [0, 0.1) is 5.82 Å². The van der Waals surface area contributed by atoms with Gasteiger partial charge in [0.2, 0.25) is 0 Å². The largest absolute Gasteiger partial charge is 0.273 e. The van der Waals surface area contributed by atoms with Gasteiger partial charge in [-0.3, -0.25) is 15.2 Å². The molecule has 0 fully saturated rings. The van der Waals surface area contributed by atoms with Crippen LogP contribution < -0.4 is 10.3 Å². The number of benzene rings is 2. The van der Waals surface area contributed by atoms with E-state index in [1.165, 1.54) is 24.3 Å². The molecule has 1 heterocycles. The molecule has 0 aliphatic rings. The van der Waals surface area contributed by atoms with E-state index < -0.39 is 21.7 Å². The van der Waals surface area contributed by atoms with E-state index in [9.17, 15) is 17.6 Å². The number of amides is 1. The molecule has 26 heavy (non-hydrogen) atoms. The predicted molar refractivity (Wildman–Crippen MR) is 93.9 cm³/mol. The van der Waals surface area contributed by atoms with E-state index in [4.69, 9.17) is 0 Å². The van der Waals surface area contributed by atoms with Gasteiger partial charge in [-0.05, 0) is 42.5 Å². The van der Waals surface area contributed by atoms with Gasteiger partial charge in [0, 0.05) is 17.3 Å². The normalized spacial score (nSPS) is 11.1. The van der Waals surface area contributed by atoms with Crippen LogP contribution in [-0.4, -0.2) is 19.3 Å². The lowest BCUT2D eigenvalue weighted by Gasteiger charge is -2.09. The Morgan fingerprint density at radius 3 is 2.38 bits per heavy atom. The molecule has 0 saturated carbocycles. The minimum Gasteiger partial charge on any atom is -0.273 e. The second-order valence-electron chi connectivity index (χ2n) is 5.32. The molecule has 0 unspecified atom stereocenters. The van der Waals surface area contributed by atoms with Gasteiger partial charge < -0.3 is 0 Å². The Labute approximate surface area is 149 Å². The molecule has 6 nitrogen and oxygen atoms in total. The van der Waals surface area contributed by atoms with E-state index in [1.807, 2.05) is 4.83 Å². The van der Waals surface area contributed by atoms with Crippen LogP contribution in [0.3, 0.4) is 0 Å². The fourth-order valence-electron chi connectivity index (χ4n) is 2.25. The fourth-order valence-corrected chi connectivity index (χ4v) is 3.11. The van der Waals surface area contributed by atoms with Crippen molar-refractivity contribution in [1.29, 1.82) is 0 Å². The van der Waals surface area contributed by atoms with Crippen LogP contribution in [0.1, 0.15) is 10.4 Å². The van der Waals surface area contributed by atoms with Crippen molar-refractivity contribution in [3.8, 4) is 11.3 Å². The quantitative estimate of drug-likeness (QED) is 0.675. The summed E-state index contributed by atoms with van der Waals surface area (Å²) in [6, 6.07) is 16.4. The zero-order valence-corrected chi connectivity index (χ0v) is 14.2. The number of hydrazine groups is 1. The Balaban J connectivity index is 1.79. The molecular weight excluding hydrogens is 357 g/mol. The van der Waals surface area contributed by atoms with Gasteiger partial charge in [-0.15, -0.1) is 4.83 Å². The Bertz CT molecular complexity index is 1030. The summed E-state index contributed by atoms with van der Waals surface area (Å²) in [5.74, 6) is -1.43. The van der Waals surface area contributed by atoms with Crippen LogP contribution in [0.4, 0.5) is 4.39 Å². The van der Waals surface area contributed by atoms with Crippen molar-refractivity contribution in [2.75, 3.05) is 0 Å². The minimum absolute atomic E-state index is 0.00582. The molecule has 0 atom stereocenters. The molecule has 0 saturated heterocycles. The summed E-state index contributed by atoms with van der Waals surface area (Å²) in [6.45, 7) is 0. The van der Waals surface area contributed by atoms with Crippen molar-refractivity contribution in [2.45, 2.75) is 4.90 Å². The number of rotatable bonds is 5. The van der Waals surface area contributed by atoms with E-state index in [2.05, 4.69) is 10.4 Å². The molecule has 3 rings (SSSR count). The number of carbonyl (C=O) groups excluding carboxylic acids is 1. The zero-order valence-electron chi connectivity index (χ0n) is 13.4. The van der Waals surface area contributed by atoms with E-state index in [0.717, 1.165) is 6.07 Å². The van der Waals surface area contributed by atoms with E-state index in [0.29, 0.717) is 11.3 Å². The number of nitrogens with one attached hydrogen (secondary N) is 2. The molecule has 0 bridgehead atoms. The van der Waals surface area contributed by atoms with Crippen molar-refractivity contribution < 1.29 is 17.6 Å². The Hall–Kier alpha value is -3.10. The lowest BCUT2D eigenvalue weighted by Crippen LogP contribution is -2.41. The molecule has 132 valence electrons. The molecule has 3 aromatic rings. The third kappa shape index (κ3) is 4.11. The van der Waals surface area contributed by atoms with Crippen molar-refractivity contribution in [2.24, 2.45) is 0 Å². The molecule has 8 heteroatoms. The van der Waals surface area contributed by atoms with E-state index in [-0.39, 0.29) is 10.5 Å². The average molecular weight is 371 g/mol. The van der Waals surface area contributed by atoms with E-state index in [1.54, 1.807) is 42.6 Å². The number of pyridine rings is 1. The summed E-state index contributed by atoms with van der Waals surface area (Å²) >= 11 is 0. The highest BCUT2D eigenvalue weighted by atomic mass is 32.2. The monoisotopic (exact) mass is 371 g/mol. The van der Waals surface area contributed by atoms with Gasteiger partial charge in [0.25, 0.3) is 15.9 Å². The second-order valence-corrected chi connectivity index (χ2v) is 7.00. The van der Waals surface area contributed by atoms with Crippen molar-refractivity contribution >= 4 is 15.9 Å². The smallest absolute Gasteiger partial charge is 0.266 e. The molecule has 2 N–H and O–H groups in total. The number of aromatic nitrogens is 1. The highest BCUT2D eigenvalue weighted by Crippen LogP contribution is 2.20. The number of hydrogen-bond donors (Lipinski definition) is 2. The van der Waals surface area contributed by atoms with E-state index >= 15 is 0 Å². The van der Waals surface area contributed by atoms with Crippen molar-refractivity contribution in [3.63, 3.8) is 0 Å². The first-order valence-electron chi connectivity index (χ1n) is 7.55. The van der Waals surface area contributed by atoms with Crippen LogP contribution >= 0.6 is 0 Å². The van der Waals surface area contributed by atoms with Gasteiger partial charge in [0.15, 0.2) is 0 Å². The summed E-state index contributed by atoms with van der Waals surface area (Å²) in [5, 5.41) is 0. The maximum absolute atomic E-state index is 13.9. The number of halogens is 1. The third-order valence-corrected chi connectivity index (χ3v) is 4.74. The first-order chi connectivity index (χ1) is 12.5. The summed E-state index contributed by atoms with van der Waals surface area (Å²) in [5.41, 5.74) is 2.94. The van der Waals surface area contributed by atoms with Gasteiger partial charge in [0.1, 0.15) is 5.82 Å². The van der Waals surface area contributed by atoms with Gasteiger partial charge in [-0.25, -0.2) is 12.8 Å². The van der Waals surface area contributed by atoms with Crippen LogP contribution in [0.25, 0.3) is 11.3 Å². The van der Waals surface area contributed by atoms with Crippen molar-refractivity contribution in [1.82, 2.24) is 15.2 Å². The summed E-state index contributed by atoms with van der Waals surface area (Å²) in [4.78, 5) is 18.3. The van der Waals surface area contributed by atoms with Gasteiger partial charge in [-0.1, -0.05) is 24.3 Å². The predicted octanol–water partition coefficient (Wildman–Crippen LogP) is 2.51. The number of hydrogen-bond acceptors (Lipinski definition) is 4. The number of nitrogens with zero attached hydrogens (tertiary/aromatic N) is 1. The zero-order chi connectivity index (χ0) is 18.6. The molecule has 0 radical (unpaired) electrons. The highest BCUT2D eigenvalue weighted by molar-refractivity contribution is 7.89. The average Bonchev–Trinajstić information content (AvgIpc) is 2.67. The van der Waals surface area contributed by atoms with Crippen LogP contribution in [0.15, 0.2) is 77.8 Å². The molecule has 0 spiro atoms. The third-order valence-electron chi connectivity index (χ3n) is 3.47. The lowest BCUT2D eigenvalue weighted by atomic mass is 10.1. The number of carbonyl (C=O) groups is 1. The summed E-state index contributed by atoms with van der Waals surface area (Å²) in [6.07, 6.45) is 1.55. The molecule has 2 aromatic carbocycles.